The second kappa shape index (κ2) is 4.39. The van der Waals surface area contributed by atoms with Gasteiger partial charge < -0.3 is 21.1 Å². The van der Waals surface area contributed by atoms with Gasteiger partial charge in [-0.3, -0.25) is 4.79 Å². The molecule has 0 bridgehead atoms. The number of halogens is 1. The normalized spacial score (nSPS) is 26.0. The number of hydrogen-bond acceptors (Lipinski definition) is 6. The lowest BCUT2D eigenvalue weighted by atomic mass is 9.67. The third-order valence-corrected chi connectivity index (χ3v) is 4.77. The van der Waals surface area contributed by atoms with Crippen LogP contribution in [0.15, 0.2) is 40.9 Å². The van der Waals surface area contributed by atoms with Gasteiger partial charge in [-0.15, -0.1) is 0 Å². The SMILES string of the molecule is CC1(C)OC(=O)C2=C1NC(N)=C(C#N)[C@@]21C(=O)Nc2ccc(F)cc21. The number of rotatable bonds is 0. The summed E-state index contributed by atoms with van der Waals surface area (Å²) in [6.07, 6.45) is 0. The van der Waals surface area contributed by atoms with Gasteiger partial charge in [-0.25, -0.2) is 9.18 Å². The van der Waals surface area contributed by atoms with E-state index in [1.165, 1.54) is 12.1 Å². The third-order valence-electron chi connectivity index (χ3n) is 4.77. The van der Waals surface area contributed by atoms with Gasteiger partial charge in [0.2, 0.25) is 5.91 Å². The van der Waals surface area contributed by atoms with Crippen LogP contribution in [0.4, 0.5) is 10.1 Å². The molecule has 25 heavy (non-hydrogen) atoms. The summed E-state index contributed by atoms with van der Waals surface area (Å²) in [7, 11) is 0. The zero-order valence-electron chi connectivity index (χ0n) is 13.4. The molecule has 3 aliphatic rings. The van der Waals surface area contributed by atoms with Crippen LogP contribution >= 0.6 is 0 Å². The Kier molecular flexibility index (Phi) is 2.67. The van der Waals surface area contributed by atoms with Crippen LogP contribution in [0.2, 0.25) is 0 Å². The first-order chi connectivity index (χ1) is 11.7. The number of carbonyl (C=O) groups excluding carboxylic acids is 2. The van der Waals surface area contributed by atoms with Crippen molar-refractivity contribution in [3.05, 3.63) is 52.2 Å². The molecule has 0 unspecified atom stereocenters. The fourth-order valence-electron chi connectivity index (χ4n) is 3.73. The van der Waals surface area contributed by atoms with E-state index in [1.807, 2.05) is 6.07 Å². The van der Waals surface area contributed by atoms with Crippen molar-refractivity contribution < 1.29 is 18.7 Å². The molecule has 0 fully saturated rings. The molecule has 3 heterocycles. The zero-order chi connectivity index (χ0) is 18.1. The quantitative estimate of drug-likeness (QED) is 0.604. The molecular formula is C17H13FN4O3. The Morgan fingerprint density at radius 1 is 1.28 bits per heavy atom. The predicted octanol–water partition coefficient (Wildman–Crippen LogP) is 0.902. The van der Waals surface area contributed by atoms with Gasteiger partial charge in [-0.05, 0) is 32.0 Å². The standard InChI is InChI=1S/C17H13FN4O3/c1-16(2)12-11(14(23)25-16)17(9(6-19)13(20)22-12)8-5-7(18)3-4-10(8)21-15(17)24/h3-5,22H,20H2,1-2H3,(H,21,24)/t17-/m1/s1. The molecular weight excluding hydrogens is 327 g/mol. The van der Waals surface area contributed by atoms with E-state index in [1.54, 1.807) is 13.8 Å². The van der Waals surface area contributed by atoms with Crippen molar-refractivity contribution in [1.29, 1.82) is 5.26 Å². The first-order valence-electron chi connectivity index (χ1n) is 7.51. The summed E-state index contributed by atoms with van der Waals surface area (Å²) in [6.45, 7) is 3.27. The smallest absolute Gasteiger partial charge is 0.338 e. The van der Waals surface area contributed by atoms with Gasteiger partial charge in [0.05, 0.1) is 16.8 Å². The molecule has 126 valence electrons. The molecule has 3 aliphatic heterocycles. The molecule has 1 spiro atoms. The average molecular weight is 340 g/mol. The molecule has 1 aromatic rings. The summed E-state index contributed by atoms with van der Waals surface area (Å²) in [5, 5.41) is 15.1. The number of nitrogens with one attached hydrogen (secondary N) is 2. The summed E-state index contributed by atoms with van der Waals surface area (Å²) in [5.74, 6) is -2.06. The molecule has 0 saturated carbocycles. The number of dihydropyridines is 1. The van der Waals surface area contributed by atoms with Crippen molar-refractivity contribution in [3.63, 3.8) is 0 Å². The predicted molar refractivity (Wildman–Crippen MR) is 83.9 cm³/mol. The number of nitriles is 1. The van der Waals surface area contributed by atoms with E-state index in [-0.39, 0.29) is 22.5 Å². The number of fused-ring (bicyclic) bond motifs is 3. The van der Waals surface area contributed by atoms with Gasteiger partial charge in [-0.2, -0.15) is 5.26 Å². The van der Waals surface area contributed by atoms with Crippen molar-refractivity contribution in [2.45, 2.75) is 24.9 Å². The maximum Gasteiger partial charge on any atom is 0.338 e. The average Bonchev–Trinajstić information content (AvgIpc) is 2.92. The Bertz CT molecular complexity index is 986. The van der Waals surface area contributed by atoms with Gasteiger partial charge in [-0.1, -0.05) is 0 Å². The lowest BCUT2D eigenvalue weighted by molar-refractivity contribution is -0.145. The molecule has 0 saturated heterocycles. The number of hydrogen-bond donors (Lipinski definition) is 3. The van der Waals surface area contributed by atoms with Crippen LogP contribution in [0.25, 0.3) is 0 Å². The number of amides is 1. The Labute approximate surface area is 141 Å². The van der Waals surface area contributed by atoms with Crippen molar-refractivity contribution in [2.24, 2.45) is 5.73 Å². The molecule has 7 nitrogen and oxygen atoms in total. The second-order valence-corrected chi connectivity index (χ2v) is 6.57. The van der Waals surface area contributed by atoms with E-state index >= 15 is 0 Å². The largest absolute Gasteiger partial charge is 0.450 e. The van der Waals surface area contributed by atoms with Crippen molar-refractivity contribution in [1.82, 2.24) is 5.32 Å². The van der Waals surface area contributed by atoms with Crippen LogP contribution in [0, 0.1) is 17.1 Å². The molecule has 4 N–H and O–H groups in total. The monoisotopic (exact) mass is 340 g/mol. The van der Waals surface area contributed by atoms with Crippen LogP contribution in [0.1, 0.15) is 19.4 Å². The van der Waals surface area contributed by atoms with E-state index in [9.17, 15) is 19.2 Å². The molecule has 4 rings (SSSR count). The van der Waals surface area contributed by atoms with Crippen LogP contribution in [0.3, 0.4) is 0 Å². The van der Waals surface area contributed by atoms with Gasteiger partial charge in [0.25, 0.3) is 0 Å². The minimum atomic E-state index is -1.83. The molecule has 1 amide bonds. The van der Waals surface area contributed by atoms with Crippen molar-refractivity contribution >= 4 is 17.6 Å². The van der Waals surface area contributed by atoms with Gasteiger partial charge in [0, 0.05) is 11.3 Å². The Morgan fingerprint density at radius 3 is 2.68 bits per heavy atom. The van der Waals surface area contributed by atoms with Crippen LogP contribution in [0.5, 0.6) is 0 Å². The van der Waals surface area contributed by atoms with Gasteiger partial charge in [0.1, 0.15) is 28.7 Å². The van der Waals surface area contributed by atoms with Crippen molar-refractivity contribution in [3.8, 4) is 6.07 Å². The van der Waals surface area contributed by atoms with Gasteiger partial charge >= 0.3 is 5.97 Å². The summed E-state index contributed by atoms with van der Waals surface area (Å²) in [5.41, 5.74) is 3.67. The third kappa shape index (κ3) is 1.62. The summed E-state index contributed by atoms with van der Waals surface area (Å²) < 4.78 is 19.3. The molecule has 0 aliphatic carbocycles. The number of esters is 1. The molecule has 8 heteroatoms. The molecule has 0 aromatic heterocycles. The number of nitrogens with zero attached hydrogens (tertiary/aromatic N) is 1. The number of cyclic esters (lactones) is 1. The van der Waals surface area contributed by atoms with E-state index < -0.39 is 28.7 Å². The Hall–Kier alpha value is -3.34. The fraction of sp³-hybridized carbons (Fsp3) is 0.235. The highest BCUT2D eigenvalue weighted by molar-refractivity contribution is 6.18. The second-order valence-electron chi connectivity index (χ2n) is 6.57. The minimum absolute atomic E-state index is 0.0369. The van der Waals surface area contributed by atoms with Crippen LogP contribution in [-0.2, 0) is 19.7 Å². The maximum absolute atomic E-state index is 13.9. The fourth-order valence-corrected chi connectivity index (χ4v) is 3.73. The lowest BCUT2D eigenvalue weighted by Crippen LogP contribution is -2.48. The van der Waals surface area contributed by atoms with E-state index in [0.717, 1.165) is 6.07 Å². The van der Waals surface area contributed by atoms with Crippen LogP contribution in [-0.4, -0.2) is 17.5 Å². The van der Waals surface area contributed by atoms with E-state index in [2.05, 4.69) is 10.6 Å². The van der Waals surface area contributed by atoms with E-state index in [0.29, 0.717) is 11.4 Å². The lowest BCUT2D eigenvalue weighted by Gasteiger charge is -2.34. The summed E-state index contributed by atoms with van der Waals surface area (Å²) in [6, 6.07) is 5.61. The maximum atomic E-state index is 13.9. The van der Waals surface area contributed by atoms with Crippen LogP contribution < -0.4 is 16.4 Å². The number of carbonyl (C=O) groups is 2. The van der Waals surface area contributed by atoms with Gasteiger partial charge in [0.15, 0.2) is 0 Å². The minimum Gasteiger partial charge on any atom is -0.450 e. The number of benzene rings is 1. The summed E-state index contributed by atoms with van der Waals surface area (Å²) in [4.78, 5) is 25.6. The molecule has 1 aromatic carbocycles. The molecule has 1 atom stereocenters. The number of nitrogens with two attached hydrogens (primary N) is 1. The first-order valence-corrected chi connectivity index (χ1v) is 7.51. The highest BCUT2D eigenvalue weighted by Crippen LogP contribution is 2.54. The summed E-state index contributed by atoms with van der Waals surface area (Å²) >= 11 is 0. The Morgan fingerprint density at radius 2 is 2.00 bits per heavy atom. The molecule has 0 radical (unpaired) electrons. The van der Waals surface area contributed by atoms with Crippen molar-refractivity contribution in [2.75, 3.05) is 5.32 Å². The first kappa shape index (κ1) is 15.2. The van der Waals surface area contributed by atoms with E-state index in [4.69, 9.17) is 10.5 Å². The highest BCUT2D eigenvalue weighted by Gasteiger charge is 2.63. The Balaban J connectivity index is 2.16. The zero-order valence-corrected chi connectivity index (χ0v) is 13.4. The topological polar surface area (TPSA) is 117 Å². The highest BCUT2D eigenvalue weighted by atomic mass is 19.1. The number of anilines is 1. The number of ether oxygens (including phenoxy) is 1.